The molecule has 18 heavy (non-hydrogen) atoms. The summed E-state index contributed by atoms with van der Waals surface area (Å²) in [6.07, 6.45) is 1.86. The molecule has 1 fully saturated rings. The third kappa shape index (κ3) is 2.80. The van der Waals surface area contributed by atoms with Crippen LogP contribution in [0.4, 0.5) is 0 Å². The van der Waals surface area contributed by atoms with Crippen molar-refractivity contribution in [3.8, 4) is 5.75 Å². The molecule has 0 bridgehead atoms. The average molecular weight is 315 g/mol. The zero-order chi connectivity index (χ0) is 13.0. The summed E-state index contributed by atoms with van der Waals surface area (Å²) in [7, 11) is 0. The van der Waals surface area contributed by atoms with Gasteiger partial charge < -0.3 is 19.6 Å². The summed E-state index contributed by atoms with van der Waals surface area (Å²) in [4.78, 5) is 15.6. The lowest BCUT2D eigenvalue weighted by atomic mass is 10.3. The van der Waals surface area contributed by atoms with Gasteiger partial charge in [0.15, 0.2) is 0 Å². The zero-order valence-electron chi connectivity index (χ0n) is 9.30. The molecule has 1 aromatic heterocycles. The Bertz CT molecular complexity index is 539. The van der Waals surface area contributed by atoms with E-state index in [1.54, 1.807) is 6.33 Å². The van der Waals surface area contributed by atoms with Crippen molar-refractivity contribution in [3.05, 3.63) is 22.9 Å². The third-order valence-corrected chi connectivity index (χ3v) is 2.99. The summed E-state index contributed by atoms with van der Waals surface area (Å²) < 4.78 is 11.7. The van der Waals surface area contributed by atoms with Crippen molar-refractivity contribution in [3.63, 3.8) is 0 Å². The molecule has 1 aliphatic heterocycles. The number of imidazole rings is 1. The Balaban J connectivity index is 0.000000367. The highest BCUT2D eigenvalue weighted by Gasteiger charge is 2.21. The zero-order valence-corrected chi connectivity index (χ0v) is 10.9. The third-order valence-electron chi connectivity index (χ3n) is 2.38. The highest BCUT2D eigenvalue weighted by atomic mass is 79.9. The first kappa shape index (κ1) is 12.8. The van der Waals surface area contributed by atoms with Gasteiger partial charge in [0.2, 0.25) is 0 Å². The molecule has 1 saturated heterocycles. The summed E-state index contributed by atoms with van der Waals surface area (Å²) in [6.45, 7) is 1.10. The van der Waals surface area contributed by atoms with E-state index < -0.39 is 0 Å². The lowest BCUT2D eigenvalue weighted by Gasteiger charge is -2.27. The number of benzene rings is 1. The van der Waals surface area contributed by atoms with Gasteiger partial charge in [-0.05, 0) is 22.0 Å². The fourth-order valence-electron chi connectivity index (χ4n) is 1.49. The Morgan fingerprint density at radius 2 is 2.28 bits per heavy atom. The van der Waals surface area contributed by atoms with Gasteiger partial charge in [-0.3, -0.25) is 4.79 Å². The van der Waals surface area contributed by atoms with Gasteiger partial charge in [-0.25, -0.2) is 4.98 Å². The largest absolute Gasteiger partial charge is 0.484 e. The monoisotopic (exact) mass is 314 g/mol. The molecular weight excluding hydrogens is 304 g/mol. The maximum Gasteiger partial charge on any atom is 0.290 e. The second-order valence-electron chi connectivity index (χ2n) is 3.59. The van der Waals surface area contributed by atoms with E-state index in [9.17, 15) is 0 Å². The minimum absolute atomic E-state index is 0.182. The predicted octanol–water partition coefficient (Wildman–Crippen LogP) is 1.80. The van der Waals surface area contributed by atoms with Crippen LogP contribution in [0.25, 0.3) is 11.0 Å². The Morgan fingerprint density at radius 1 is 1.56 bits per heavy atom. The number of halogens is 1. The number of hydrogen-bond acceptors (Lipinski definition) is 4. The van der Waals surface area contributed by atoms with Gasteiger partial charge in [0.1, 0.15) is 11.9 Å². The molecule has 96 valence electrons. The van der Waals surface area contributed by atoms with Crippen LogP contribution >= 0.6 is 15.9 Å². The molecule has 0 unspecified atom stereocenters. The van der Waals surface area contributed by atoms with E-state index >= 15 is 0 Å². The highest BCUT2D eigenvalue weighted by Crippen LogP contribution is 2.30. The van der Waals surface area contributed by atoms with E-state index in [2.05, 4.69) is 25.9 Å². The quantitative estimate of drug-likeness (QED) is 0.826. The van der Waals surface area contributed by atoms with Gasteiger partial charge in [0.05, 0.1) is 35.0 Å². The number of ether oxygens (including phenoxy) is 2. The average Bonchev–Trinajstić information content (AvgIpc) is 2.71. The SMILES string of the molecule is Brc1cc2nc[nH]c2cc1OC1COC1.O=CO. The van der Waals surface area contributed by atoms with Crippen LogP contribution in [0.2, 0.25) is 0 Å². The molecular formula is C11H11BrN2O4. The summed E-state index contributed by atoms with van der Waals surface area (Å²) in [6, 6.07) is 3.89. The molecule has 0 saturated carbocycles. The van der Waals surface area contributed by atoms with Gasteiger partial charge in [-0.2, -0.15) is 0 Å². The number of hydrogen-bond donors (Lipinski definition) is 2. The van der Waals surface area contributed by atoms with Crippen LogP contribution in [0.3, 0.4) is 0 Å². The van der Waals surface area contributed by atoms with Crippen LogP contribution in [0.5, 0.6) is 5.75 Å². The minimum atomic E-state index is -0.250. The van der Waals surface area contributed by atoms with Crippen molar-refractivity contribution in [1.29, 1.82) is 0 Å². The van der Waals surface area contributed by atoms with Gasteiger partial charge in [0, 0.05) is 6.07 Å². The van der Waals surface area contributed by atoms with Crippen molar-refractivity contribution in [1.82, 2.24) is 9.97 Å². The predicted molar refractivity (Wildman–Crippen MR) is 67.7 cm³/mol. The summed E-state index contributed by atoms with van der Waals surface area (Å²) in [5.41, 5.74) is 1.91. The van der Waals surface area contributed by atoms with E-state index in [0.717, 1.165) is 21.3 Å². The summed E-state index contributed by atoms with van der Waals surface area (Å²) in [5.74, 6) is 0.833. The van der Waals surface area contributed by atoms with E-state index in [4.69, 9.17) is 19.4 Å². The number of aromatic nitrogens is 2. The second kappa shape index (κ2) is 5.83. The smallest absolute Gasteiger partial charge is 0.290 e. The number of carboxylic acid groups (broad SMARTS) is 1. The maximum absolute atomic E-state index is 8.36. The topological polar surface area (TPSA) is 84.4 Å². The lowest BCUT2D eigenvalue weighted by Crippen LogP contribution is -2.38. The first-order chi connectivity index (χ1) is 8.74. The maximum atomic E-state index is 8.36. The normalized spacial score (nSPS) is 14.5. The molecule has 3 rings (SSSR count). The molecule has 2 aromatic rings. The number of aromatic amines is 1. The van der Waals surface area contributed by atoms with Gasteiger partial charge >= 0.3 is 0 Å². The van der Waals surface area contributed by atoms with Crippen LogP contribution in [0, 0.1) is 0 Å². The first-order valence-corrected chi connectivity index (χ1v) is 5.98. The number of fused-ring (bicyclic) bond motifs is 1. The Kier molecular flexibility index (Phi) is 4.16. The van der Waals surface area contributed by atoms with E-state index in [0.29, 0.717) is 13.2 Å². The standard InChI is InChI=1S/C10H9BrN2O2.CH2O2/c11-7-1-8-9(13-5-12-8)2-10(7)15-6-3-14-4-6;2-1-3/h1-2,5-6H,3-4H2,(H,12,13);1H,(H,2,3). The molecule has 0 atom stereocenters. The van der Waals surface area contributed by atoms with Crippen LogP contribution in [0.15, 0.2) is 22.9 Å². The molecule has 0 radical (unpaired) electrons. The van der Waals surface area contributed by atoms with E-state index in [-0.39, 0.29) is 12.6 Å². The molecule has 7 heteroatoms. The number of nitrogens with zero attached hydrogens (tertiary/aromatic N) is 1. The second-order valence-corrected chi connectivity index (χ2v) is 4.44. The van der Waals surface area contributed by atoms with Crippen molar-refractivity contribution < 1.29 is 19.4 Å². The molecule has 0 amide bonds. The Morgan fingerprint density at radius 3 is 2.89 bits per heavy atom. The number of nitrogens with one attached hydrogen (secondary N) is 1. The van der Waals surface area contributed by atoms with Crippen molar-refractivity contribution in [2.75, 3.05) is 13.2 Å². The molecule has 1 aliphatic rings. The van der Waals surface area contributed by atoms with Crippen molar-refractivity contribution >= 4 is 33.4 Å². The van der Waals surface area contributed by atoms with Crippen LogP contribution in [-0.4, -0.2) is 40.9 Å². The van der Waals surface area contributed by atoms with Crippen LogP contribution < -0.4 is 4.74 Å². The molecule has 2 N–H and O–H groups in total. The van der Waals surface area contributed by atoms with E-state index in [1.807, 2.05) is 12.1 Å². The van der Waals surface area contributed by atoms with Crippen molar-refractivity contribution in [2.24, 2.45) is 0 Å². The fourth-order valence-corrected chi connectivity index (χ4v) is 1.91. The Labute approximate surface area is 111 Å². The number of carbonyl (C=O) groups is 1. The molecule has 6 nitrogen and oxygen atoms in total. The van der Waals surface area contributed by atoms with Gasteiger partial charge in [0.25, 0.3) is 6.47 Å². The van der Waals surface area contributed by atoms with E-state index in [1.165, 1.54) is 0 Å². The molecule has 2 heterocycles. The number of H-pyrrole nitrogens is 1. The van der Waals surface area contributed by atoms with Gasteiger partial charge in [-0.15, -0.1) is 0 Å². The molecule has 0 spiro atoms. The Hall–Kier alpha value is -1.60. The lowest BCUT2D eigenvalue weighted by molar-refractivity contribution is -0.122. The van der Waals surface area contributed by atoms with Crippen LogP contribution in [-0.2, 0) is 9.53 Å². The van der Waals surface area contributed by atoms with Crippen LogP contribution in [0.1, 0.15) is 0 Å². The summed E-state index contributed by atoms with van der Waals surface area (Å²) in [5, 5.41) is 6.89. The number of rotatable bonds is 2. The summed E-state index contributed by atoms with van der Waals surface area (Å²) >= 11 is 3.46. The highest BCUT2D eigenvalue weighted by molar-refractivity contribution is 9.10. The van der Waals surface area contributed by atoms with Gasteiger partial charge in [-0.1, -0.05) is 0 Å². The van der Waals surface area contributed by atoms with Crippen molar-refractivity contribution in [2.45, 2.75) is 6.10 Å². The molecule has 0 aliphatic carbocycles. The minimum Gasteiger partial charge on any atom is -0.484 e. The fraction of sp³-hybridized carbons (Fsp3) is 0.273. The first-order valence-electron chi connectivity index (χ1n) is 5.19. The molecule has 1 aromatic carbocycles.